The molecule has 1 aromatic rings. The van der Waals surface area contributed by atoms with E-state index in [4.69, 9.17) is 5.26 Å². The van der Waals surface area contributed by atoms with Gasteiger partial charge in [0.15, 0.2) is 11.6 Å². The van der Waals surface area contributed by atoms with Gasteiger partial charge in [-0.1, -0.05) is 0 Å². The normalized spacial score (nSPS) is 11.4. The van der Waals surface area contributed by atoms with E-state index in [2.05, 4.69) is 5.32 Å². The summed E-state index contributed by atoms with van der Waals surface area (Å²) in [6.45, 7) is 4.43. The summed E-state index contributed by atoms with van der Waals surface area (Å²) < 4.78 is 27.0. The summed E-state index contributed by atoms with van der Waals surface area (Å²) in [6.07, 6.45) is 0. The Labute approximate surface area is 106 Å². The highest BCUT2D eigenvalue weighted by Gasteiger charge is 2.21. The lowest BCUT2D eigenvalue weighted by molar-refractivity contribution is 0.210. The fourth-order valence-corrected chi connectivity index (χ4v) is 1.24. The number of anilines is 1. The van der Waals surface area contributed by atoms with E-state index in [1.165, 1.54) is 12.1 Å². The number of rotatable bonds is 4. The molecule has 0 saturated heterocycles. The van der Waals surface area contributed by atoms with Crippen LogP contribution in [0.25, 0.3) is 0 Å². The molecule has 0 amide bonds. The van der Waals surface area contributed by atoms with Crippen LogP contribution in [0.2, 0.25) is 0 Å². The predicted octanol–water partition coefficient (Wildman–Crippen LogP) is 2.59. The lowest BCUT2D eigenvalue weighted by atomic mass is 10.0. The minimum absolute atomic E-state index is 0.0708. The lowest BCUT2D eigenvalue weighted by Crippen LogP contribution is -2.44. The van der Waals surface area contributed by atoms with Gasteiger partial charge >= 0.3 is 0 Å². The summed E-state index contributed by atoms with van der Waals surface area (Å²) in [6, 6.07) is 4.25. The van der Waals surface area contributed by atoms with Crippen molar-refractivity contribution in [2.75, 3.05) is 26.0 Å². The first-order valence-electron chi connectivity index (χ1n) is 5.59. The summed E-state index contributed by atoms with van der Waals surface area (Å²) in [4.78, 5) is 1.98. The maximum Gasteiger partial charge on any atom is 0.183 e. The molecule has 0 aliphatic heterocycles. The standard InChI is InChI=1S/C13H17F2N3/c1-13(2,18(3)4)8-17-10-6-5-9(7-16)11(14)12(10)15/h5-6,17H,8H2,1-4H3. The Hall–Kier alpha value is -1.67. The molecule has 1 N–H and O–H groups in total. The van der Waals surface area contributed by atoms with Gasteiger partial charge in [0.1, 0.15) is 6.07 Å². The second kappa shape index (κ2) is 5.32. The topological polar surface area (TPSA) is 39.1 Å². The van der Waals surface area contributed by atoms with Gasteiger partial charge in [0.2, 0.25) is 0 Å². The minimum atomic E-state index is -1.11. The molecule has 0 aliphatic rings. The first kappa shape index (κ1) is 14.4. The number of likely N-dealkylation sites (N-methyl/N-ethyl adjacent to an activating group) is 1. The van der Waals surface area contributed by atoms with Gasteiger partial charge in [0, 0.05) is 12.1 Å². The maximum atomic E-state index is 13.6. The second-order valence-electron chi connectivity index (χ2n) is 4.96. The quantitative estimate of drug-likeness (QED) is 0.896. The van der Waals surface area contributed by atoms with Crippen LogP contribution in [-0.2, 0) is 0 Å². The number of nitrogens with one attached hydrogen (secondary N) is 1. The highest BCUT2D eigenvalue weighted by atomic mass is 19.2. The van der Waals surface area contributed by atoms with E-state index in [-0.39, 0.29) is 16.8 Å². The van der Waals surface area contributed by atoms with Crippen LogP contribution in [0.15, 0.2) is 12.1 Å². The van der Waals surface area contributed by atoms with Gasteiger partial charge in [-0.15, -0.1) is 0 Å². The molecule has 0 aromatic heterocycles. The van der Waals surface area contributed by atoms with E-state index in [0.717, 1.165) is 0 Å². The first-order valence-corrected chi connectivity index (χ1v) is 5.59. The van der Waals surface area contributed by atoms with Crippen molar-refractivity contribution in [2.24, 2.45) is 0 Å². The van der Waals surface area contributed by atoms with Gasteiger partial charge in [-0.3, -0.25) is 0 Å². The predicted molar refractivity (Wildman–Crippen MR) is 67.3 cm³/mol. The van der Waals surface area contributed by atoms with E-state index in [0.29, 0.717) is 6.54 Å². The molecule has 0 atom stereocenters. The van der Waals surface area contributed by atoms with Crippen molar-refractivity contribution in [3.8, 4) is 6.07 Å². The van der Waals surface area contributed by atoms with Crippen molar-refractivity contribution in [3.63, 3.8) is 0 Å². The molecule has 3 nitrogen and oxygen atoms in total. The first-order chi connectivity index (χ1) is 8.29. The maximum absolute atomic E-state index is 13.6. The third-order valence-electron chi connectivity index (χ3n) is 3.12. The molecule has 98 valence electrons. The molecular weight excluding hydrogens is 236 g/mol. The van der Waals surface area contributed by atoms with Crippen molar-refractivity contribution in [3.05, 3.63) is 29.3 Å². The van der Waals surface area contributed by atoms with Gasteiger partial charge in [0.05, 0.1) is 11.3 Å². The number of hydrogen-bond donors (Lipinski definition) is 1. The zero-order valence-corrected chi connectivity index (χ0v) is 11.0. The fourth-order valence-electron chi connectivity index (χ4n) is 1.24. The largest absolute Gasteiger partial charge is 0.381 e. The number of benzene rings is 1. The van der Waals surface area contributed by atoms with Crippen molar-refractivity contribution < 1.29 is 8.78 Å². The fraction of sp³-hybridized carbons (Fsp3) is 0.462. The molecule has 5 heteroatoms. The van der Waals surface area contributed by atoms with Crippen LogP contribution in [0, 0.1) is 23.0 Å². The Morgan fingerprint density at radius 2 is 1.89 bits per heavy atom. The zero-order chi connectivity index (χ0) is 13.9. The van der Waals surface area contributed by atoms with Crippen molar-refractivity contribution in [2.45, 2.75) is 19.4 Å². The van der Waals surface area contributed by atoms with Crippen LogP contribution in [-0.4, -0.2) is 31.1 Å². The Morgan fingerprint density at radius 1 is 1.28 bits per heavy atom. The van der Waals surface area contributed by atoms with E-state index < -0.39 is 11.6 Å². The molecule has 0 fully saturated rings. The highest BCUT2D eigenvalue weighted by Crippen LogP contribution is 2.21. The summed E-state index contributed by atoms with van der Waals surface area (Å²) in [7, 11) is 3.83. The summed E-state index contributed by atoms with van der Waals surface area (Å²) >= 11 is 0. The van der Waals surface area contributed by atoms with Crippen LogP contribution >= 0.6 is 0 Å². The number of halogens is 2. The SMILES string of the molecule is CN(C)C(C)(C)CNc1ccc(C#N)c(F)c1F. The average molecular weight is 253 g/mol. The lowest BCUT2D eigenvalue weighted by Gasteiger charge is -2.33. The van der Waals surface area contributed by atoms with Crippen LogP contribution < -0.4 is 5.32 Å². The molecule has 0 unspecified atom stereocenters. The molecule has 0 spiro atoms. The van der Waals surface area contributed by atoms with Gasteiger partial charge in [-0.2, -0.15) is 5.26 Å². The van der Waals surface area contributed by atoms with Crippen molar-refractivity contribution in [1.82, 2.24) is 4.90 Å². The van der Waals surface area contributed by atoms with E-state index in [1.807, 2.05) is 32.8 Å². The molecule has 0 saturated carbocycles. The average Bonchev–Trinajstić information content (AvgIpc) is 2.31. The summed E-state index contributed by atoms with van der Waals surface area (Å²) in [5.41, 5.74) is -0.414. The van der Waals surface area contributed by atoms with E-state index in [9.17, 15) is 8.78 Å². The van der Waals surface area contributed by atoms with Crippen LogP contribution in [0.1, 0.15) is 19.4 Å². The molecular formula is C13H17F2N3. The van der Waals surface area contributed by atoms with Crippen molar-refractivity contribution in [1.29, 1.82) is 5.26 Å². The molecule has 18 heavy (non-hydrogen) atoms. The third-order valence-corrected chi connectivity index (χ3v) is 3.12. The van der Waals surface area contributed by atoms with Crippen molar-refractivity contribution >= 4 is 5.69 Å². The van der Waals surface area contributed by atoms with Crippen LogP contribution in [0.4, 0.5) is 14.5 Å². The number of hydrogen-bond acceptors (Lipinski definition) is 3. The molecule has 0 aliphatic carbocycles. The Morgan fingerprint density at radius 3 is 2.39 bits per heavy atom. The third kappa shape index (κ3) is 2.96. The highest BCUT2D eigenvalue weighted by molar-refractivity contribution is 5.50. The van der Waals surface area contributed by atoms with Crippen LogP contribution in [0.3, 0.4) is 0 Å². The Bertz CT molecular complexity index is 476. The second-order valence-corrected chi connectivity index (χ2v) is 4.96. The van der Waals surface area contributed by atoms with Gasteiger partial charge in [0.25, 0.3) is 0 Å². The summed E-state index contributed by atoms with van der Waals surface area (Å²) in [5, 5.41) is 11.4. The Kier molecular flexibility index (Phi) is 4.25. The molecule has 0 radical (unpaired) electrons. The smallest absolute Gasteiger partial charge is 0.183 e. The Balaban J connectivity index is 2.88. The molecule has 0 heterocycles. The number of nitrogens with zero attached hydrogens (tertiary/aromatic N) is 2. The van der Waals surface area contributed by atoms with Gasteiger partial charge in [-0.25, -0.2) is 8.78 Å². The van der Waals surface area contributed by atoms with E-state index in [1.54, 1.807) is 6.07 Å². The van der Waals surface area contributed by atoms with Gasteiger partial charge < -0.3 is 10.2 Å². The zero-order valence-electron chi connectivity index (χ0n) is 11.0. The molecule has 0 bridgehead atoms. The minimum Gasteiger partial charge on any atom is -0.381 e. The van der Waals surface area contributed by atoms with Crippen LogP contribution in [0.5, 0.6) is 0 Å². The molecule has 1 rings (SSSR count). The molecule has 1 aromatic carbocycles. The number of nitriles is 1. The van der Waals surface area contributed by atoms with E-state index >= 15 is 0 Å². The van der Waals surface area contributed by atoms with Gasteiger partial charge in [-0.05, 0) is 40.1 Å². The summed E-state index contributed by atoms with van der Waals surface area (Å²) in [5.74, 6) is -2.12. The monoisotopic (exact) mass is 253 g/mol.